The molecule has 34 heavy (non-hydrogen) atoms. The van der Waals surface area contributed by atoms with Gasteiger partial charge in [0.15, 0.2) is 17.3 Å². The number of nitrogens with zero attached hydrogens (tertiary/aromatic N) is 3. The monoisotopic (exact) mass is 458 g/mol. The van der Waals surface area contributed by atoms with Crippen LogP contribution in [0, 0.1) is 0 Å². The van der Waals surface area contributed by atoms with Crippen LogP contribution in [0.5, 0.6) is 11.5 Å². The summed E-state index contributed by atoms with van der Waals surface area (Å²) in [6.45, 7) is 4.62. The fourth-order valence-electron chi connectivity index (χ4n) is 4.64. The Hall–Kier alpha value is -3.88. The Bertz CT molecular complexity index is 1370. The predicted molar refractivity (Wildman–Crippen MR) is 126 cm³/mol. The molecule has 3 N–H and O–H groups in total. The van der Waals surface area contributed by atoms with E-state index in [1.165, 1.54) is 0 Å². The Morgan fingerprint density at radius 1 is 1.12 bits per heavy atom. The third-order valence-corrected chi connectivity index (χ3v) is 7.08. The normalized spacial score (nSPS) is 16.1. The lowest BCUT2D eigenvalue weighted by Gasteiger charge is -2.22. The Balaban J connectivity index is 1.19. The van der Waals surface area contributed by atoms with Gasteiger partial charge in [-0.2, -0.15) is 5.21 Å². The number of anilines is 1. The number of hydrogen-bond donors (Lipinski definition) is 3. The van der Waals surface area contributed by atoms with Crippen LogP contribution in [0.25, 0.3) is 10.9 Å². The Kier molecular flexibility index (Phi) is 4.62. The molecule has 0 radical (unpaired) electrons. The van der Waals surface area contributed by atoms with Gasteiger partial charge in [-0.15, -0.1) is 10.2 Å². The second-order valence-corrected chi connectivity index (χ2v) is 9.80. The number of tetrazole rings is 1. The molecule has 0 saturated heterocycles. The minimum Gasteiger partial charge on any atom is -0.454 e. The third kappa shape index (κ3) is 3.57. The standard InChI is InChI=1S/C25H26N6O3/c1-24(2,8-7-22-28-30-31-29-22)21-12-15-11-17(4-5-18(15)27-21)26-23(32)25(9-10-25)16-3-6-19-20(13-16)34-14-33-19/h3-6,11-13,27H,7-10,14H2,1-2H3,(H,26,32)(H,28,29,30,31). The molecule has 9 heteroatoms. The number of rotatable bonds is 7. The lowest BCUT2D eigenvalue weighted by atomic mass is 9.84. The largest absolute Gasteiger partial charge is 0.454 e. The SMILES string of the molecule is CC(C)(CCc1nn[nH]n1)c1cc2cc(NC(=O)C3(c4ccc5c(c4)OCO5)CC3)ccc2[nH]1. The van der Waals surface area contributed by atoms with Crippen LogP contribution in [0.2, 0.25) is 0 Å². The number of benzene rings is 2. The van der Waals surface area contributed by atoms with Gasteiger partial charge in [-0.3, -0.25) is 4.79 Å². The Labute approximate surface area is 196 Å². The van der Waals surface area contributed by atoms with E-state index in [2.05, 4.69) is 50.8 Å². The number of carbonyl (C=O) groups is 1. The first-order valence-corrected chi connectivity index (χ1v) is 11.5. The number of aryl methyl sites for hydroxylation is 1. The van der Waals surface area contributed by atoms with Gasteiger partial charge in [0.05, 0.1) is 5.41 Å². The van der Waals surface area contributed by atoms with Crippen molar-refractivity contribution in [2.75, 3.05) is 12.1 Å². The second kappa shape index (κ2) is 7.58. The molecule has 9 nitrogen and oxygen atoms in total. The van der Waals surface area contributed by atoms with Crippen molar-refractivity contribution in [1.29, 1.82) is 0 Å². The van der Waals surface area contributed by atoms with E-state index >= 15 is 0 Å². The summed E-state index contributed by atoms with van der Waals surface area (Å²) in [6, 6.07) is 13.9. The smallest absolute Gasteiger partial charge is 0.235 e. The molecule has 2 aromatic heterocycles. The quantitative estimate of drug-likeness (QED) is 0.385. The highest BCUT2D eigenvalue weighted by molar-refractivity contribution is 6.02. The third-order valence-electron chi connectivity index (χ3n) is 7.08. The van der Waals surface area contributed by atoms with Crippen molar-refractivity contribution in [2.24, 2.45) is 0 Å². The first kappa shape index (κ1) is 20.7. The maximum absolute atomic E-state index is 13.3. The number of nitrogens with one attached hydrogen (secondary N) is 3. The molecule has 1 aliphatic heterocycles. The van der Waals surface area contributed by atoms with E-state index < -0.39 is 5.41 Å². The number of carbonyl (C=O) groups excluding carboxylic acids is 1. The lowest BCUT2D eigenvalue weighted by molar-refractivity contribution is -0.118. The average molecular weight is 459 g/mol. The highest BCUT2D eigenvalue weighted by atomic mass is 16.7. The van der Waals surface area contributed by atoms with E-state index in [4.69, 9.17) is 9.47 Å². The van der Waals surface area contributed by atoms with Gasteiger partial charge in [0, 0.05) is 34.1 Å². The maximum atomic E-state index is 13.3. The number of hydrogen-bond acceptors (Lipinski definition) is 6. The van der Waals surface area contributed by atoms with Crippen molar-refractivity contribution in [3.8, 4) is 11.5 Å². The van der Waals surface area contributed by atoms with Crippen LogP contribution in [-0.4, -0.2) is 38.3 Å². The van der Waals surface area contributed by atoms with Gasteiger partial charge in [-0.25, -0.2) is 0 Å². The van der Waals surface area contributed by atoms with Gasteiger partial charge < -0.3 is 19.8 Å². The van der Waals surface area contributed by atoms with Gasteiger partial charge in [0.2, 0.25) is 12.7 Å². The summed E-state index contributed by atoms with van der Waals surface area (Å²) < 4.78 is 10.9. The first-order valence-electron chi connectivity index (χ1n) is 11.5. The highest BCUT2D eigenvalue weighted by Gasteiger charge is 2.51. The number of aromatic amines is 2. The minimum absolute atomic E-state index is 0.0157. The molecule has 1 aliphatic carbocycles. The number of fused-ring (bicyclic) bond motifs is 2. The Morgan fingerprint density at radius 2 is 1.97 bits per heavy atom. The topological polar surface area (TPSA) is 118 Å². The minimum atomic E-state index is -0.504. The summed E-state index contributed by atoms with van der Waals surface area (Å²) in [5, 5.41) is 18.4. The van der Waals surface area contributed by atoms with Crippen LogP contribution < -0.4 is 14.8 Å². The van der Waals surface area contributed by atoms with Crippen LogP contribution in [0.15, 0.2) is 42.5 Å². The van der Waals surface area contributed by atoms with E-state index in [0.29, 0.717) is 11.6 Å². The number of ether oxygens (including phenoxy) is 2. The van der Waals surface area contributed by atoms with E-state index in [9.17, 15) is 4.79 Å². The fraction of sp³-hybridized carbons (Fsp3) is 0.360. The van der Waals surface area contributed by atoms with Gasteiger partial charge in [-0.1, -0.05) is 25.1 Å². The van der Waals surface area contributed by atoms with Gasteiger partial charge in [0.1, 0.15) is 0 Å². The molecule has 0 unspecified atom stereocenters. The second-order valence-electron chi connectivity index (χ2n) is 9.80. The molecule has 6 rings (SSSR count). The predicted octanol–water partition coefficient (Wildman–Crippen LogP) is 3.99. The number of aromatic nitrogens is 5. The van der Waals surface area contributed by atoms with E-state index in [-0.39, 0.29) is 18.1 Å². The average Bonchev–Trinajstić information content (AvgIpc) is 3.20. The van der Waals surface area contributed by atoms with E-state index in [0.717, 1.165) is 59.3 Å². The molecule has 174 valence electrons. The van der Waals surface area contributed by atoms with Gasteiger partial charge >= 0.3 is 0 Å². The molecule has 1 amide bonds. The lowest BCUT2D eigenvalue weighted by Crippen LogP contribution is -2.27. The molecule has 1 saturated carbocycles. The zero-order valence-electron chi connectivity index (χ0n) is 19.1. The summed E-state index contributed by atoms with van der Waals surface area (Å²) >= 11 is 0. The van der Waals surface area contributed by atoms with Crippen molar-refractivity contribution in [3.63, 3.8) is 0 Å². The first-order chi connectivity index (χ1) is 16.4. The molecule has 0 atom stereocenters. The molecule has 0 spiro atoms. The van der Waals surface area contributed by atoms with E-state index in [1.807, 2.05) is 36.4 Å². The summed E-state index contributed by atoms with van der Waals surface area (Å²) in [5.41, 5.74) is 3.34. The molecule has 1 fully saturated rings. The van der Waals surface area contributed by atoms with Crippen LogP contribution in [0.4, 0.5) is 5.69 Å². The van der Waals surface area contributed by atoms with Crippen LogP contribution in [-0.2, 0) is 22.0 Å². The summed E-state index contributed by atoms with van der Waals surface area (Å²) in [6.07, 6.45) is 3.26. The molecule has 0 bridgehead atoms. The van der Waals surface area contributed by atoms with Gasteiger partial charge in [0.25, 0.3) is 0 Å². The van der Waals surface area contributed by atoms with Gasteiger partial charge in [-0.05, 0) is 61.2 Å². The van der Waals surface area contributed by atoms with Crippen molar-refractivity contribution >= 4 is 22.5 Å². The van der Waals surface area contributed by atoms with Crippen LogP contribution in [0.3, 0.4) is 0 Å². The van der Waals surface area contributed by atoms with Crippen LogP contribution >= 0.6 is 0 Å². The molecule has 4 aromatic rings. The van der Waals surface area contributed by atoms with Crippen LogP contribution in [0.1, 0.15) is 50.2 Å². The summed E-state index contributed by atoms with van der Waals surface area (Å²) in [5.74, 6) is 2.17. The summed E-state index contributed by atoms with van der Waals surface area (Å²) in [7, 11) is 0. The molecular weight excluding hydrogens is 432 g/mol. The Morgan fingerprint density at radius 3 is 2.76 bits per heavy atom. The van der Waals surface area contributed by atoms with Crippen molar-refractivity contribution < 1.29 is 14.3 Å². The molecule has 3 heterocycles. The van der Waals surface area contributed by atoms with Crippen molar-refractivity contribution in [3.05, 3.63) is 59.5 Å². The molecular formula is C25H26N6O3. The highest BCUT2D eigenvalue weighted by Crippen LogP contribution is 2.51. The summed E-state index contributed by atoms with van der Waals surface area (Å²) in [4.78, 5) is 16.8. The molecule has 2 aromatic carbocycles. The number of H-pyrrole nitrogens is 2. The fourth-order valence-corrected chi connectivity index (χ4v) is 4.64. The van der Waals surface area contributed by atoms with Crippen molar-refractivity contribution in [1.82, 2.24) is 25.6 Å². The zero-order valence-corrected chi connectivity index (χ0v) is 19.1. The van der Waals surface area contributed by atoms with Crippen molar-refractivity contribution in [2.45, 2.75) is 50.4 Å². The molecule has 2 aliphatic rings. The zero-order chi connectivity index (χ0) is 23.3. The van der Waals surface area contributed by atoms with E-state index in [1.54, 1.807) is 0 Å². The number of amides is 1. The maximum Gasteiger partial charge on any atom is 0.235 e.